The van der Waals surface area contributed by atoms with Crippen molar-refractivity contribution in [3.05, 3.63) is 54.0 Å². The van der Waals surface area contributed by atoms with E-state index in [9.17, 15) is 9.59 Å². The van der Waals surface area contributed by atoms with E-state index < -0.39 is 0 Å². The topological polar surface area (TPSA) is 83.8 Å². The summed E-state index contributed by atoms with van der Waals surface area (Å²) in [6.07, 6.45) is 4.74. The number of hydrogen-bond acceptors (Lipinski definition) is 4. The number of amides is 3. The fraction of sp³-hybridized carbons (Fsp3) is 0.400. The van der Waals surface area contributed by atoms with Crippen LogP contribution in [0.25, 0.3) is 0 Å². The van der Waals surface area contributed by atoms with E-state index in [-0.39, 0.29) is 11.9 Å². The molecule has 0 unspecified atom stereocenters. The molecular weight excluding hydrogens is 346 g/mol. The number of rotatable bonds is 6. The van der Waals surface area contributed by atoms with E-state index in [1.54, 1.807) is 13.2 Å². The fourth-order valence-electron chi connectivity index (χ4n) is 3.13. The molecule has 0 aliphatic carbocycles. The standard InChI is InChI=1S/C20H25N3O4/c1-26-18-4-2-15(3-5-18)12-21-20(25)22-13-16-6-9-23(10-7-16)19(24)17-8-11-27-14-17/h2-5,8,11,14,16H,6-7,9-10,12-13H2,1H3,(H2,21,22,25). The van der Waals surface area contributed by atoms with Gasteiger partial charge >= 0.3 is 6.03 Å². The molecule has 0 bridgehead atoms. The lowest BCUT2D eigenvalue weighted by molar-refractivity contribution is 0.0690. The van der Waals surface area contributed by atoms with Gasteiger partial charge in [0.2, 0.25) is 0 Å². The number of likely N-dealkylation sites (tertiary alicyclic amines) is 1. The number of urea groups is 1. The maximum Gasteiger partial charge on any atom is 0.315 e. The Morgan fingerprint density at radius 1 is 1.15 bits per heavy atom. The highest BCUT2D eigenvalue weighted by Crippen LogP contribution is 2.18. The summed E-state index contributed by atoms with van der Waals surface area (Å²) in [6, 6.07) is 9.09. The minimum absolute atomic E-state index is 0.00685. The van der Waals surface area contributed by atoms with Crippen molar-refractivity contribution in [3.8, 4) is 5.75 Å². The number of carbonyl (C=O) groups is 2. The van der Waals surface area contributed by atoms with Gasteiger partial charge in [0.15, 0.2) is 0 Å². The monoisotopic (exact) mass is 371 g/mol. The van der Waals surface area contributed by atoms with Crippen LogP contribution in [0.2, 0.25) is 0 Å². The first-order valence-corrected chi connectivity index (χ1v) is 9.12. The Bertz CT molecular complexity index is 735. The van der Waals surface area contributed by atoms with Crippen molar-refractivity contribution in [1.29, 1.82) is 0 Å². The lowest BCUT2D eigenvalue weighted by Gasteiger charge is -2.31. The average molecular weight is 371 g/mol. The van der Waals surface area contributed by atoms with Crippen LogP contribution in [0, 0.1) is 5.92 Å². The van der Waals surface area contributed by atoms with Gasteiger partial charge in [-0.3, -0.25) is 4.79 Å². The molecule has 0 spiro atoms. The van der Waals surface area contributed by atoms with Crippen LogP contribution in [0.4, 0.5) is 4.79 Å². The zero-order chi connectivity index (χ0) is 19.1. The molecule has 1 aromatic heterocycles. The summed E-state index contributed by atoms with van der Waals surface area (Å²) in [5.41, 5.74) is 1.60. The minimum Gasteiger partial charge on any atom is -0.497 e. The molecule has 3 amide bonds. The Hall–Kier alpha value is -2.96. The van der Waals surface area contributed by atoms with E-state index in [1.807, 2.05) is 29.2 Å². The van der Waals surface area contributed by atoms with Crippen molar-refractivity contribution in [2.24, 2.45) is 5.92 Å². The maximum atomic E-state index is 12.3. The van der Waals surface area contributed by atoms with Crippen molar-refractivity contribution in [3.63, 3.8) is 0 Å². The molecule has 27 heavy (non-hydrogen) atoms. The molecule has 2 N–H and O–H groups in total. The first-order valence-electron chi connectivity index (χ1n) is 9.12. The summed E-state index contributed by atoms with van der Waals surface area (Å²) in [4.78, 5) is 26.1. The Kier molecular flexibility index (Phi) is 6.35. The van der Waals surface area contributed by atoms with Crippen LogP contribution in [0.1, 0.15) is 28.8 Å². The van der Waals surface area contributed by atoms with Gasteiger partial charge in [0, 0.05) is 26.2 Å². The van der Waals surface area contributed by atoms with Crippen molar-refractivity contribution in [1.82, 2.24) is 15.5 Å². The molecule has 2 heterocycles. The Labute approximate surface area is 158 Å². The van der Waals surface area contributed by atoms with Crippen LogP contribution in [0.15, 0.2) is 47.3 Å². The summed E-state index contributed by atoms with van der Waals surface area (Å²) in [5, 5.41) is 5.78. The third-order valence-corrected chi connectivity index (χ3v) is 4.83. The number of methoxy groups -OCH3 is 1. The summed E-state index contributed by atoms with van der Waals surface area (Å²) >= 11 is 0. The molecule has 7 heteroatoms. The quantitative estimate of drug-likeness (QED) is 0.818. The largest absolute Gasteiger partial charge is 0.497 e. The van der Waals surface area contributed by atoms with Gasteiger partial charge in [0.1, 0.15) is 12.0 Å². The van der Waals surface area contributed by atoms with Crippen LogP contribution in [-0.4, -0.2) is 43.6 Å². The second-order valence-electron chi connectivity index (χ2n) is 6.66. The Morgan fingerprint density at radius 3 is 2.52 bits per heavy atom. The number of nitrogens with one attached hydrogen (secondary N) is 2. The number of carbonyl (C=O) groups excluding carboxylic acids is 2. The van der Waals surface area contributed by atoms with E-state index in [1.165, 1.54) is 12.5 Å². The highest BCUT2D eigenvalue weighted by atomic mass is 16.5. The Balaban J connectivity index is 1.34. The average Bonchev–Trinajstić information content (AvgIpc) is 3.26. The molecule has 1 fully saturated rings. The molecule has 0 radical (unpaired) electrons. The number of furan rings is 1. The summed E-state index contributed by atoms with van der Waals surface area (Å²) < 4.78 is 10.1. The van der Waals surface area contributed by atoms with E-state index in [4.69, 9.17) is 9.15 Å². The molecule has 0 atom stereocenters. The molecule has 1 aromatic carbocycles. The molecule has 7 nitrogen and oxygen atoms in total. The number of benzene rings is 1. The second-order valence-corrected chi connectivity index (χ2v) is 6.66. The molecule has 1 aliphatic heterocycles. The molecule has 0 saturated carbocycles. The predicted molar refractivity (Wildman–Crippen MR) is 101 cm³/mol. The summed E-state index contributed by atoms with van der Waals surface area (Å²) in [6.45, 7) is 2.48. The van der Waals surface area contributed by atoms with Gasteiger partial charge < -0.3 is 24.7 Å². The number of ether oxygens (including phenoxy) is 1. The lowest BCUT2D eigenvalue weighted by Crippen LogP contribution is -2.43. The van der Waals surface area contributed by atoms with E-state index in [0.717, 1.165) is 24.2 Å². The Morgan fingerprint density at radius 2 is 1.89 bits per heavy atom. The van der Waals surface area contributed by atoms with Gasteiger partial charge in [-0.25, -0.2) is 4.79 Å². The SMILES string of the molecule is COc1ccc(CNC(=O)NCC2CCN(C(=O)c3ccoc3)CC2)cc1. The van der Waals surface area contributed by atoms with Gasteiger partial charge in [-0.05, 0) is 42.5 Å². The van der Waals surface area contributed by atoms with Crippen LogP contribution in [0.3, 0.4) is 0 Å². The minimum atomic E-state index is -0.178. The maximum absolute atomic E-state index is 12.3. The third kappa shape index (κ3) is 5.26. The van der Waals surface area contributed by atoms with E-state index in [2.05, 4.69) is 10.6 Å². The van der Waals surface area contributed by atoms with Gasteiger partial charge in [0.25, 0.3) is 5.91 Å². The van der Waals surface area contributed by atoms with Crippen molar-refractivity contribution in [2.45, 2.75) is 19.4 Å². The summed E-state index contributed by atoms with van der Waals surface area (Å²) in [5.74, 6) is 1.18. The highest BCUT2D eigenvalue weighted by Gasteiger charge is 2.24. The van der Waals surface area contributed by atoms with Gasteiger partial charge in [-0.15, -0.1) is 0 Å². The number of hydrogen-bond donors (Lipinski definition) is 2. The van der Waals surface area contributed by atoms with Gasteiger partial charge in [0.05, 0.1) is 18.9 Å². The fourth-order valence-corrected chi connectivity index (χ4v) is 3.13. The zero-order valence-corrected chi connectivity index (χ0v) is 15.4. The number of piperidine rings is 1. The lowest BCUT2D eigenvalue weighted by atomic mass is 9.96. The van der Waals surface area contributed by atoms with Crippen molar-refractivity contribution in [2.75, 3.05) is 26.7 Å². The van der Waals surface area contributed by atoms with Crippen LogP contribution < -0.4 is 15.4 Å². The van der Waals surface area contributed by atoms with Gasteiger partial charge in [-0.2, -0.15) is 0 Å². The van der Waals surface area contributed by atoms with Crippen LogP contribution >= 0.6 is 0 Å². The van der Waals surface area contributed by atoms with Crippen molar-refractivity contribution < 1.29 is 18.7 Å². The molecule has 1 saturated heterocycles. The first kappa shape index (κ1) is 18.8. The van der Waals surface area contributed by atoms with Crippen LogP contribution in [-0.2, 0) is 6.54 Å². The van der Waals surface area contributed by atoms with Gasteiger partial charge in [-0.1, -0.05) is 12.1 Å². The van der Waals surface area contributed by atoms with E-state index in [0.29, 0.717) is 37.7 Å². The van der Waals surface area contributed by atoms with Crippen molar-refractivity contribution >= 4 is 11.9 Å². The molecule has 3 rings (SSSR count). The molecular formula is C20H25N3O4. The van der Waals surface area contributed by atoms with E-state index >= 15 is 0 Å². The smallest absolute Gasteiger partial charge is 0.315 e. The summed E-state index contributed by atoms with van der Waals surface area (Å²) in [7, 11) is 1.62. The predicted octanol–water partition coefficient (Wildman–Crippen LogP) is 2.64. The number of nitrogens with zero attached hydrogens (tertiary/aromatic N) is 1. The zero-order valence-electron chi connectivity index (χ0n) is 15.4. The molecule has 144 valence electrons. The molecule has 2 aromatic rings. The molecule has 1 aliphatic rings. The normalized spacial score (nSPS) is 14.6. The first-order chi connectivity index (χ1) is 13.2. The third-order valence-electron chi connectivity index (χ3n) is 4.83. The highest BCUT2D eigenvalue weighted by molar-refractivity contribution is 5.93. The second kappa shape index (κ2) is 9.12. The van der Waals surface area contributed by atoms with Crippen LogP contribution in [0.5, 0.6) is 5.75 Å².